The fourth-order valence-corrected chi connectivity index (χ4v) is 4.52. The Hall–Kier alpha value is -3.55. The first-order valence-corrected chi connectivity index (χ1v) is 10.9. The number of halogens is 3. The molecule has 0 saturated heterocycles. The molecule has 0 spiro atoms. The van der Waals surface area contributed by atoms with Gasteiger partial charge in [0.2, 0.25) is 0 Å². The average Bonchev–Trinajstić information content (AvgIpc) is 2.81. The number of rotatable bonds is 5. The summed E-state index contributed by atoms with van der Waals surface area (Å²) in [5.74, 6) is -1.55. The van der Waals surface area contributed by atoms with E-state index >= 15 is 0 Å². The lowest BCUT2D eigenvalue weighted by Gasteiger charge is -2.35. The fourth-order valence-electron chi connectivity index (χ4n) is 4.52. The summed E-state index contributed by atoms with van der Waals surface area (Å²) in [6, 6.07) is 12.0. The lowest BCUT2D eigenvalue weighted by atomic mass is 9.74. The summed E-state index contributed by atoms with van der Waals surface area (Å²) in [5, 5.41) is 3.09. The van der Waals surface area contributed by atoms with E-state index in [-0.39, 0.29) is 35.5 Å². The fraction of sp³-hybridized carbons (Fsp3) is 0.308. The van der Waals surface area contributed by atoms with E-state index in [1.54, 1.807) is 31.2 Å². The maximum absolute atomic E-state index is 13.9. The van der Waals surface area contributed by atoms with Gasteiger partial charge in [-0.15, -0.1) is 0 Å². The van der Waals surface area contributed by atoms with Gasteiger partial charge in [-0.2, -0.15) is 13.2 Å². The number of carbonyl (C=O) groups is 2. The molecule has 2 aliphatic rings. The summed E-state index contributed by atoms with van der Waals surface area (Å²) in [4.78, 5) is 26.2. The zero-order valence-corrected chi connectivity index (χ0v) is 18.8. The zero-order valence-electron chi connectivity index (χ0n) is 18.8. The third kappa shape index (κ3) is 4.58. The van der Waals surface area contributed by atoms with E-state index in [1.807, 2.05) is 0 Å². The molecule has 34 heavy (non-hydrogen) atoms. The molecular weight excluding hydrogens is 447 g/mol. The third-order valence-electron chi connectivity index (χ3n) is 6.10. The van der Waals surface area contributed by atoms with Crippen molar-refractivity contribution in [3.63, 3.8) is 0 Å². The molecule has 1 aliphatic heterocycles. The van der Waals surface area contributed by atoms with Gasteiger partial charge in [0, 0.05) is 29.3 Å². The highest BCUT2D eigenvalue weighted by Crippen LogP contribution is 2.46. The van der Waals surface area contributed by atoms with Crippen LogP contribution in [0, 0.1) is 0 Å². The second-order valence-electron chi connectivity index (χ2n) is 8.27. The van der Waals surface area contributed by atoms with E-state index in [9.17, 15) is 22.8 Å². The van der Waals surface area contributed by atoms with Gasteiger partial charge in [-0.05, 0) is 49.1 Å². The Morgan fingerprint density at radius 3 is 2.47 bits per heavy atom. The summed E-state index contributed by atoms with van der Waals surface area (Å²) in [5.41, 5.74) is 0.870. The van der Waals surface area contributed by atoms with Crippen LogP contribution in [-0.4, -0.2) is 18.9 Å². The number of nitrogens with one attached hydrogen (secondary N) is 1. The second kappa shape index (κ2) is 9.37. The third-order valence-corrected chi connectivity index (χ3v) is 6.10. The van der Waals surface area contributed by atoms with Crippen molar-refractivity contribution in [1.82, 2.24) is 5.32 Å². The molecule has 8 heteroatoms. The molecule has 0 saturated carbocycles. The van der Waals surface area contributed by atoms with E-state index < -0.39 is 23.6 Å². The number of Topliss-reactive ketones (excluding diaryl/α,β-unsaturated/α-hetero) is 1. The van der Waals surface area contributed by atoms with Crippen molar-refractivity contribution in [1.29, 1.82) is 0 Å². The normalized spacial score (nSPS) is 18.4. The van der Waals surface area contributed by atoms with E-state index in [2.05, 4.69) is 5.32 Å². The Kier molecular flexibility index (Phi) is 6.50. The highest BCUT2D eigenvalue weighted by atomic mass is 19.4. The van der Waals surface area contributed by atoms with Crippen LogP contribution in [0.2, 0.25) is 0 Å². The number of alkyl halides is 3. The maximum atomic E-state index is 13.9. The largest absolute Gasteiger partial charge is 0.497 e. The van der Waals surface area contributed by atoms with Gasteiger partial charge in [-0.25, -0.2) is 4.79 Å². The average molecular weight is 471 g/mol. The Morgan fingerprint density at radius 1 is 1.09 bits per heavy atom. The van der Waals surface area contributed by atoms with Crippen molar-refractivity contribution < 1.29 is 32.2 Å². The van der Waals surface area contributed by atoms with E-state index in [0.717, 1.165) is 6.07 Å². The topological polar surface area (TPSA) is 64.6 Å². The predicted octanol–water partition coefficient (Wildman–Crippen LogP) is 5.43. The lowest BCUT2D eigenvalue weighted by molar-refractivity contribution is -0.142. The number of ether oxygens (including phenoxy) is 2. The number of hydrogen-bond acceptors (Lipinski definition) is 5. The highest BCUT2D eigenvalue weighted by molar-refractivity contribution is 6.03. The Morgan fingerprint density at radius 2 is 1.79 bits per heavy atom. The molecule has 0 unspecified atom stereocenters. The standard InChI is InChI=1S/C26H24F3NO4/c1-15-22(25(32)34-14-16-10-12-17(33-2)13-11-16)23(24-20(30-15)8-5-9-21(24)31)18-6-3-4-7-19(18)26(27,28)29/h3-4,6-7,10-13,23,30H,5,8-9,14H2,1-2H3/t23-/m1/s1. The smallest absolute Gasteiger partial charge is 0.416 e. The van der Waals surface area contributed by atoms with Gasteiger partial charge in [0.05, 0.1) is 18.2 Å². The molecular formula is C26H24F3NO4. The Bertz CT molecular complexity index is 1180. The van der Waals surface area contributed by atoms with Crippen molar-refractivity contribution >= 4 is 11.8 Å². The molecule has 1 atom stereocenters. The van der Waals surface area contributed by atoms with Crippen LogP contribution in [0.15, 0.2) is 71.1 Å². The van der Waals surface area contributed by atoms with Crippen LogP contribution in [0.1, 0.15) is 48.8 Å². The van der Waals surface area contributed by atoms with E-state index in [1.165, 1.54) is 25.3 Å². The van der Waals surface area contributed by atoms with Crippen LogP contribution in [0.5, 0.6) is 5.75 Å². The number of carbonyl (C=O) groups excluding carboxylic acids is 2. The van der Waals surface area contributed by atoms with Crippen LogP contribution in [-0.2, 0) is 27.1 Å². The number of hydrogen-bond donors (Lipinski definition) is 1. The first-order chi connectivity index (χ1) is 16.2. The second-order valence-corrected chi connectivity index (χ2v) is 8.27. The van der Waals surface area contributed by atoms with Crippen LogP contribution >= 0.6 is 0 Å². The molecule has 1 N–H and O–H groups in total. The van der Waals surface area contributed by atoms with Gasteiger partial charge >= 0.3 is 12.1 Å². The summed E-state index contributed by atoms with van der Waals surface area (Å²) in [6.07, 6.45) is -3.30. The quantitative estimate of drug-likeness (QED) is 0.590. The number of ketones is 1. The maximum Gasteiger partial charge on any atom is 0.416 e. The molecule has 4 rings (SSSR count). The highest BCUT2D eigenvalue weighted by Gasteiger charge is 2.43. The van der Waals surface area contributed by atoms with E-state index in [0.29, 0.717) is 35.5 Å². The zero-order chi connectivity index (χ0) is 24.5. The lowest BCUT2D eigenvalue weighted by Crippen LogP contribution is -2.35. The molecule has 2 aromatic rings. The summed E-state index contributed by atoms with van der Waals surface area (Å²) < 4.78 is 52.4. The molecule has 1 aliphatic carbocycles. The Labute approximate surface area is 195 Å². The SMILES string of the molecule is COc1ccc(COC(=O)C2=C(C)NC3=C(C(=O)CCC3)[C@@H]2c2ccccc2C(F)(F)F)cc1. The summed E-state index contributed by atoms with van der Waals surface area (Å²) in [6.45, 7) is 1.54. The van der Waals surface area contributed by atoms with Gasteiger partial charge in [-0.3, -0.25) is 4.79 Å². The van der Waals surface area contributed by atoms with Crippen molar-refractivity contribution in [2.75, 3.05) is 7.11 Å². The van der Waals surface area contributed by atoms with Gasteiger partial charge in [-0.1, -0.05) is 30.3 Å². The van der Waals surface area contributed by atoms with Gasteiger partial charge in [0.25, 0.3) is 0 Å². The Balaban J connectivity index is 1.74. The molecule has 0 amide bonds. The minimum atomic E-state index is -4.65. The van der Waals surface area contributed by atoms with Crippen molar-refractivity contribution in [3.05, 3.63) is 87.8 Å². The molecule has 0 radical (unpaired) electrons. The summed E-state index contributed by atoms with van der Waals surface area (Å²) in [7, 11) is 1.54. The molecule has 0 fully saturated rings. The minimum Gasteiger partial charge on any atom is -0.497 e. The van der Waals surface area contributed by atoms with Crippen molar-refractivity contribution in [2.45, 2.75) is 44.9 Å². The summed E-state index contributed by atoms with van der Waals surface area (Å²) >= 11 is 0. The first kappa shape index (κ1) is 23.6. The van der Waals surface area contributed by atoms with Crippen LogP contribution in [0.4, 0.5) is 13.2 Å². The molecule has 1 heterocycles. The van der Waals surface area contributed by atoms with E-state index in [4.69, 9.17) is 9.47 Å². The molecule has 5 nitrogen and oxygen atoms in total. The number of allylic oxidation sites excluding steroid dienone is 3. The van der Waals surface area contributed by atoms with Gasteiger partial charge in [0.1, 0.15) is 12.4 Å². The molecule has 2 aromatic carbocycles. The number of benzene rings is 2. The first-order valence-electron chi connectivity index (χ1n) is 10.9. The van der Waals surface area contributed by atoms with Crippen molar-refractivity contribution in [2.24, 2.45) is 0 Å². The molecule has 0 bridgehead atoms. The predicted molar refractivity (Wildman–Crippen MR) is 119 cm³/mol. The van der Waals surface area contributed by atoms with Gasteiger partial charge < -0.3 is 14.8 Å². The number of esters is 1. The number of methoxy groups -OCH3 is 1. The van der Waals surface area contributed by atoms with Crippen LogP contribution < -0.4 is 10.1 Å². The molecule has 0 aromatic heterocycles. The minimum absolute atomic E-state index is 0.0132. The van der Waals surface area contributed by atoms with Crippen LogP contribution in [0.3, 0.4) is 0 Å². The molecule has 178 valence electrons. The van der Waals surface area contributed by atoms with Gasteiger partial charge in [0.15, 0.2) is 5.78 Å². The van der Waals surface area contributed by atoms with Crippen molar-refractivity contribution in [3.8, 4) is 5.75 Å². The number of dihydropyridines is 1. The monoisotopic (exact) mass is 471 g/mol. The van der Waals surface area contributed by atoms with Crippen LogP contribution in [0.25, 0.3) is 0 Å².